The van der Waals surface area contributed by atoms with Crippen molar-refractivity contribution in [3.8, 4) is 0 Å². The minimum absolute atomic E-state index is 0. The molecule has 0 unspecified atom stereocenters. The van der Waals surface area contributed by atoms with Crippen molar-refractivity contribution in [2.45, 2.75) is 25.7 Å². The van der Waals surface area contributed by atoms with Crippen molar-refractivity contribution >= 4 is 24.8 Å². The zero-order valence-corrected chi connectivity index (χ0v) is 9.11. The van der Waals surface area contributed by atoms with Crippen LogP contribution in [0.3, 0.4) is 0 Å². The maximum atomic E-state index is 3.22. The standard InChI is InChI=1S/2C4H9N.2ClH/c2*1-2-4-5-3-1;;/h2*5H,1-4H2;2*1H. The van der Waals surface area contributed by atoms with Crippen LogP contribution in [-0.4, -0.2) is 26.2 Å². The van der Waals surface area contributed by atoms with Crippen LogP contribution in [0.5, 0.6) is 0 Å². The molecule has 0 aromatic rings. The number of rotatable bonds is 0. The van der Waals surface area contributed by atoms with Gasteiger partial charge in [-0.2, -0.15) is 0 Å². The van der Waals surface area contributed by atoms with E-state index >= 15 is 0 Å². The molecule has 2 aliphatic rings. The Morgan fingerprint density at radius 3 is 0.833 bits per heavy atom. The molecule has 0 aliphatic carbocycles. The zero-order chi connectivity index (χ0) is 7.07. The van der Waals surface area contributed by atoms with Crippen LogP contribution in [0.4, 0.5) is 0 Å². The highest BCUT2D eigenvalue weighted by atomic mass is 35.5. The predicted octanol–water partition coefficient (Wildman–Crippen LogP) is 1.58. The van der Waals surface area contributed by atoms with Gasteiger partial charge in [-0.15, -0.1) is 24.8 Å². The third-order valence-corrected chi connectivity index (χ3v) is 1.91. The molecule has 2 saturated heterocycles. The van der Waals surface area contributed by atoms with E-state index < -0.39 is 0 Å². The van der Waals surface area contributed by atoms with Crippen LogP contribution >= 0.6 is 24.8 Å². The molecule has 4 heteroatoms. The van der Waals surface area contributed by atoms with Crippen LogP contribution < -0.4 is 10.6 Å². The Balaban J connectivity index is 0. The third kappa shape index (κ3) is 8.60. The quantitative estimate of drug-likeness (QED) is 0.641. The molecular formula is C8H20Cl2N2. The van der Waals surface area contributed by atoms with Crippen LogP contribution in [0.25, 0.3) is 0 Å². The van der Waals surface area contributed by atoms with Gasteiger partial charge in [-0.3, -0.25) is 0 Å². The zero-order valence-electron chi connectivity index (χ0n) is 7.47. The van der Waals surface area contributed by atoms with Gasteiger partial charge >= 0.3 is 0 Å². The van der Waals surface area contributed by atoms with Crippen molar-refractivity contribution in [2.24, 2.45) is 0 Å². The van der Waals surface area contributed by atoms with Gasteiger partial charge in [0.25, 0.3) is 0 Å². The predicted molar refractivity (Wildman–Crippen MR) is 58.7 cm³/mol. The Morgan fingerprint density at radius 2 is 0.750 bits per heavy atom. The maximum absolute atomic E-state index is 3.22. The molecule has 12 heavy (non-hydrogen) atoms. The van der Waals surface area contributed by atoms with Gasteiger partial charge in [-0.25, -0.2) is 0 Å². The molecule has 0 radical (unpaired) electrons. The normalized spacial score (nSPS) is 20.0. The Labute approximate surface area is 87.7 Å². The summed E-state index contributed by atoms with van der Waals surface area (Å²) in [5.41, 5.74) is 0. The van der Waals surface area contributed by atoms with E-state index in [4.69, 9.17) is 0 Å². The first-order valence-electron chi connectivity index (χ1n) is 4.41. The van der Waals surface area contributed by atoms with E-state index in [0.717, 1.165) is 0 Å². The molecule has 76 valence electrons. The molecule has 0 bridgehead atoms. The van der Waals surface area contributed by atoms with Gasteiger partial charge in [0, 0.05) is 0 Å². The van der Waals surface area contributed by atoms with E-state index in [1.165, 1.54) is 51.9 Å². The average Bonchev–Trinajstić information content (AvgIpc) is 2.67. The summed E-state index contributed by atoms with van der Waals surface area (Å²) in [5.74, 6) is 0. The van der Waals surface area contributed by atoms with Crippen molar-refractivity contribution in [3.63, 3.8) is 0 Å². The van der Waals surface area contributed by atoms with Gasteiger partial charge < -0.3 is 10.6 Å². The van der Waals surface area contributed by atoms with Crippen molar-refractivity contribution in [2.75, 3.05) is 26.2 Å². The highest BCUT2D eigenvalue weighted by Crippen LogP contribution is 1.90. The second-order valence-corrected chi connectivity index (χ2v) is 2.91. The maximum Gasteiger partial charge on any atom is -0.00484 e. The molecule has 2 fully saturated rings. The van der Waals surface area contributed by atoms with Crippen LogP contribution in [0, 0.1) is 0 Å². The lowest BCUT2D eigenvalue weighted by Gasteiger charge is -1.76. The lowest BCUT2D eigenvalue weighted by Crippen LogP contribution is -2.03. The van der Waals surface area contributed by atoms with Crippen LogP contribution in [0.1, 0.15) is 25.7 Å². The van der Waals surface area contributed by atoms with Gasteiger partial charge in [0.15, 0.2) is 0 Å². The molecular weight excluding hydrogens is 195 g/mol. The molecule has 2 heterocycles. The molecule has 0 atom stereocenters. The van der Waals surface area contributed by atoms with Gasteiger partial charge in [-0.1, -0.05) is 0 Å². The molecule has 0 aromatic heterocycles. The van der Waals surface area contributed by atoms with E-state index in [0.29, 0.717) is 0 Å². The first-order valence-corrected chi connectivity index (χ1v) is 4.41. The van der Waals surface area contributed by atoms with E-state index in [1.807, 2.05) is 0 Å². The highest BCUT2D eigenvalue weighted by Gasteiger charge is 1.93. The summed E-state index contributed by atoms with van der Waals surface area (Å²) in [6.07, 6.45) is 5.56. The summed E-state index contributed by atoms with van der Waals surface area (Å²) in [4.78, 5) is 0. The number of nitrogens with one attached hydrogen (secondary N) is 2. The van der Waals surface area contributed by atoms with E-state index in [-0.39, 0.29) is 24.8 Å². The molecule has 2 N–H and O–H groups in total. The molecule has 2 rings (SSSR count). The van der Waals surface area contributed by atoms with Crippen LogP contribution in [0.15, 0.2) is 0 Å². The molecule has 0 saturated carbocycles. The topological polar surface area (TPSA) is 24.1 Å². The number of halogens is 2. The Morgan fingerprint density at radius 1 is 0.500 bits per heavy atom. The van der Waals surface area contributed by atoms with E-state index in [2.05, 4.69) is 10.6 Å². The molecule has 2 aliphatic heterocycles. The van der Waals surface area contributed by atoms with Gasteiger partial charge in [-0.05, 0) is 51.9 Å². The summed E-state index contributed by atoms with van der Waals surface area (Å²) in [5, 5.41) is 6.44. The summed E-state index contributed by atoms with van der Waals surface area (Å²) in [6.45, 7) is 5.00. The van der Waals surface area contributed by atoms with Crippen LogP contribution in [-0.2, 0) is 0 Å². The van der Waals surface area contributed by atoms with Gasteiger partial charge in [0.2, 0.25) is 0 Å². The molecule has 0 amide bonds. The fraction of sp³-hybridized carbons (Fsp3) is 1.00. The monoisotopic (exact) mass is 214 g/mol. The van der Waals surface area contributed by atoms with E-state index in [9.17, 15) is 0 Å². The second kappa shape index (κ2) is 11.5. The van der Waals surface area contributed by atoms with Crippen molar-refractivity contribution < 1.29 is 0 Å². The van der Waals surface area contributed by atoms with Crippen LogP contribution in [0.2, 0.25) is 0 Å². The fourth-order valence-electron chi connectivity index (χ4n) is 1.25. The average molecular weight is 215 g/mol. The Bertz CT molecular complexity index is 48.2. The lowest BCUT2D eigenvalue weighted by atomic mass is 10.4. The first-order chi connectivity index (χ1) is 5.00. The van der Waals surface area contributed by atoms with Crippen molar-refractivity contribution in [3.05, 3.63) is 0 Å². The number of hydrogen-bond donors (Lipinski definition) is 2. The highest BCUT2D eigenvalue weighted by molar-refractivity contribution is 5.85. The summed E-state index contributed by atoms with van der Waals surface area (Å²) < 4.78 is 0. The van der Waals surface area contributed by atoms with E-state index in [1.54, 1.807) is 0 Å². The molecule has 0 aromatic carbocycles. The van der Waals surface area contributed by atoms with Gasteiger partial charge in [0.05, 0.1) is 0 Å². The Hall–Kier alpha value is 0.500. The summed E-state index contributed by atoms with van der Waals surface area (Å²) >= 11 is 0. The SMILES string of the molecule is C1CCNC1.C1CCNC1.Cl.Cl. The third-order valence-electron chi connectivity index (χ3n) is 1.91. The van der Waals surface area contributed by atoms with Crippen molar-refractivity contribution in [1.82, 2.24) is 10.6 Å². The largest absolute Gasteiger partial charge is 0.317 e. The molecule has 2 nitrogen and oxygen atoms in total. The Kier molecular flexibility index (Phi) is 14.4. The molecule has 0 spiro atoms. The van der Waals surface area contributed by atoms with Crippen molar-refractivity contribution in [1.29, 1.82) is 0 Å². The first kappa shape index (κ1) is 15.0. The minimum Gasteiger partial charge on any atom is -0.317 e. The number of hydrogen-bond acceptors (Lipinski definition) is 2. The lowest BCUT2D eigenvalue weighted by molar-refractivity contribution is 0.857. The second-order valence-electron chi connectivity index (χ2n) is 2.91. The van der Waals surface area contributed by atoms with Gasteiger partial charge in [0.1, 0.15) is 0 Å². The summed E-state index contributed by atoms with van der Waals surface area (Å²) in [6, 6.07) is 0. The smallest absolute Gasteiger partial charge is 0.00484 e. The summed E-state index contributed by atoms with van der Waals surface area (Å²) in [7, 11) is 0. The minimum atomic E-state index is 0. The fourth-order valence-corrected chi connectivity index (χ4v) is 1.25.